The summed E-state index contributed by atoms with van der Waals surface area (Å²) in [4.78, 5) is 6.81. The maximum atomic E-state index is 5.39. The highest BCUT2D eigenvalue weighted by molar-refractivity contribution is 9.10. The van der Waals surface area contributed by atoms with Crippen LogP contribution in [0.15, 0.2) is 33.3 Å². The largest absolute Gasteiger partial charge is 0.339 e. The molecule has 21 heavy (non-hydrogen) atoms. The quantitative estimate of drug-likeness (QED) is 0.915. The lowest BCUT2D eigenvalue weighted by Gasteiger charge is -2.30. The highest BCUT2D eigenvalue weighted by Gasteiger charge is 2.25. The van der Waals surface area contributed by atoms with Crippen molar-refractivity contribution in [2.45, 2.75) is 18.9 Å². The first-order valence-corrected chi connectivity index (χ1v) is 7.99. The van der Waals surface area contributed by atoms with E-state index in [2.05, 4.69) is 55.5 Å². The number of likely N-dealkylation sites (N-methyl/N-ethyl adjacent to an activating group) is 1. The van der Waals surface area contributed by atoms with Crippen LogP contribution in [0.5, 0.6) is 0 Å². The van der Waals surface area contributed by atoms with Crippen LogP contribution in [0, 0.1) is 0 Å². The molecule has 0 radical (unpaired) electrons. The SMILES string of the molecule is CN1CCNCC1c1noc(CCc2cccc(Br)c2)n1. The average Bonchev–Trinajstić information content (AvgIpc) is 2.94. The lowest BCUT2D eigenvalue weighted by molar-refractivity contribution is 0.190. The monoisotopic (exact) mass is 350 g/mol. The summed E-state index contributed by atoms with van der Waals surface area (Å²) < 4.78 is 6.49. The Balaban J connectivity index is 1.62. The van der Waals surface area contributed by atoms with Crippen molar-refractivity contribution in [1.29, 1.82) is 0 Å². The molecule has 0 bridgehead atoms. The van der Waals surface area contributed by atoms with E-state index in [0.717, 1.165) is 42.8 Å². The Hall–Kier alpha value is -1.24. The summed E-state index contributed by atoms with van der Waals surface area (Å²) in [5.41, 5.74) is 1.26. The van der Waals surface area contributed by atoms with Gasteiger partial charge in [0.1, 0.15) is 0 Å². The van der Waals surface area contributed by atoms with Gasteiger partial charge in [0.15, 0.2) is 5.82 Å². The highest BCUT2D eigenvalue weighted by atomic mass is 79.9. The molecule has 1 N–H and O–H groups in total. The molecule has 112 valence electrons. The molecule has 3 rings (SSSR count). The number of halogens is 1. The van der Waals surface area contributed by atoms with E-state index in [9.17, 15) is 0 Å². The summed E-state index contributed by atoms with van der Waals surface area (Å²) in [6, 6.07) is 8.51. The summed E-state index contributed by atoms with van der Waals surface area (Å²) in [7, 11) is 2.10. The lowest BCUT2D eigenvalue weighted by Crippen LogP contribution is -2.44. The molecule has 1 aromatic heterocycles. The molecule has 6 heteroatoms. The molecule has 1 aliphatic heterocycles. The molecule has 5 nitrogen and oxygen atoms in total. The standard InChI is InChI=1S/C15H19BrN4O/c1-20-8-7-17-10-13(20)15-18-14(21-19-15)6-5-11-3-2-4-12(16)9-11/h2-4,9,13,17H,5-8,10H2,1H3. The molecule has 2 aromatic rings. The predicted molar refractivity (Wildman–Crippen MR) is 84.1 cm³/mol. The molecule has 2 heterocycles. The van der Waals surface area contributed by atoms with Crippen LogP contribution in [0.2, 0.25) is 0 Å². The maximum Gasteiger partial charge on any atom is 0.227 e. The minimum Gasteiger partial charge on any atom is -0.339 e. The molecule has 0 spiro atoms. The van der Waals surface area contributed by atoms with Gasteiger partial charge in [-0.15, -0.1) is 0 Å². The minimum absolute atomic E-state index is 0.210. The third-order valence-electron chi connectivity index (χ3n) is 3.81. The van der Waals surface area contributed by atoms with E-state index < -0.39 is 0 Å². The summed E-state index contributed by atoms with van der Waals surface area (Å²) in [6.45, 7) is 2.90. The molecule has 1 aromatic carbocycles. The first-order valence-electron chi connectivity index (χ1n) is 7.20. The average molecular weight is 351 g/mol. The summed E-state index contributed by atoms with van der Waals surface area (Å²) >= 11 is 3.49. The van der Waals surface area contributed by atoms with Crippen molar-refractivity contribution in [3.63, 3.8) is 0 Å². The van der Waals surface area contributed by atoms with E-state index in [-0.39, 0.29) is 6.04 Å². The molecule has 0 amide bonds. The fourth-order valence-electron chi connectivity index (χ4n) is 2.54. The molecule has 1 aliphatic rings. The molecular weight excluding hydrogens is 332 g/mol. The van der Waals surface area contributed by atoms with E-state index in [1.54, 1.807) is 0 Å². The van der Waals surface area contributed by atoms with Gasteiger partial charge in [0.2, 0.25) is 5.89 Å². The Morgan fingerprint density at radius 3 is 3.14 bits per heavy atom. The van der Waals surface area contributed by atoms with Gasteiger partial charge >= 0.3 is 0 Å². The number of aromatic nitrogens is 2. The summed E-state index contributed by atoms with van der Waals surface area (Å²) in [5.74, 6) is 1.50. The van der Waals surface area contributed by atoms with Gasteiger partial charge in [-0.1, -0.05) is 33.2 Å². The molecule has 1 fully saturated rings. The number of aryl methyl sites for hydroxylation is 2. The summed E-state index contributed by atoms with van der Waals surface area (Å²) in [6.07, 6.45) is 1.67. The van der Waals surface area contributed by atoms with Crippen LogP contribution in [0.4, 0.5) is 0 Å². The molecule has 1 saturated heterocycles. The van der Waals surface area contributed by atoms with Gasteiger partial charge in [-0.05, 0) is 31.2 Å². The van der Waals surface area contributed by atoms with E-state index in [1.807, 2.05) is 12.1 Å². The fraction of sp³-hybridized carbons (Fsp3) is 0.467. The Morgan fingerprint density at radius 1 is 1.43 bits per heavy atom. The van der Waals surface area contributed by atoms with E-state index in [0.29, 0.717) is 5.89 Å². The number of nitrogens with one attached hydrogen (secondary N) is 1. The number of rotatable bonds is 4. The van der Waals surface area contributed by atoms with Gasteiger partial charge in [-0.25, -0.2) is 0 Å². The van der Waals surface area contributed by atoms with Crippen molar-refractivity contribution in [2.75, 3.05) is 26.7 Å². The third kappa shape index (κ3) is 3.70. The second kappa shape index (κ2) is 6.68. The van der Waals surface area contributed by atoms with E-state index in [1.165, 1.54) is 5.56 Å². The van der Waals surface area contributed by atoms with Gasteiger partial charge in [-0.2, -0.15) is 4.98 Å². The van der Waals surface area contributed by atoms with Crippen LogP contribution in [-0.4, -0.2) is 41.7 Å². The molecule has 0 saturated carbocycles. The number of hydrogen-bond donors (Lipinski definition) is 1. The van der Waals surface area contributed by atoms with Gasteiger partial charge in [0.05, 0.1) is 6.04 Å². The van der Waals surface area contributed by atoms with Crippen molar-refractivity contribution < 1.29 is 4.52 Å². The lowest BCUT2D eigenvalue weighted by atomic mass is 10.1. The van der Waals surface area contributed by atoms with Gasteiger partial charge in [0, 0.05) is 30.5 Å². The first-order chi connectivity index (χ1) is 10.2. The molecule has 0 aliphatic carbocycles. The predicted octanol–water partition coefficient (Wildman–Crippen LogP) is 2.19. The first kappa shape index (κ1) is 14.7. The molecule has 1 atom stereocenters. The van der Waals surface area contributed by atoms with Crippen molar-refractivity contribution in [3.8, 4) is 0 Å². The summed E-state index contributed by atoms with van der Waals surface area (Å²) in [5, 5.41) is 7.51. The highest BCUT2D eigenvalue weighted by Crippen LogP contribution is 2.18. The van der Waals surface area contributed by atoms with Crippen LogP contribution < -0.4 is 5.32 Å². The second-order valence-corrected chi connectivity index (χ2v) is 6.29. The van der Waals surface area contributed by atoms with E-state index in [4.69, 9.17) is 4.52 Å². The normalized spacial score (nSPS) is 19.8. The Bertz CT molecular complexity index is 601. The van der Waals surface area contributed by atoms with Crippen LogP contribution >= 0.6 is 15.9 Å². The van der Waals surface area contributed by atoms with Crippen molar-refractivity contribution in [1.82, 2.24) is 20.4 Å². The van der Waals surface area contributed by atoms with E-state index >= 15 is 0 Å². The number of piperazine rings is 1. The minimum atomic E-state index is 0.210. The number of benzene rings is 1. The zero-order valence-corrected chi connectivity index (χ0v) is 13.6. The van der Waals surface area contributed by atoms with Crippen molar-refractivity contribution in [3.05, 3.63) is 46.0 Å². The number of nitrogens with zero attached hydrogens (tertiary/aromatic N) is 3. The third-order valence-corrected chi connectivity index (χ3v) is 4.30. The molecular formula is C15H19BrN4O. The van der Waals surface area contributed by atoms with Gasteiger partial charge in [0.25, 0.3) is 0 Å². The Kier molecular flexibility index (Phi) is 4.67. The van der Waals surface area contributed by atoms with Crippen LogP contribution in [0.3, 0.4) is 0 Å². The van der Waals surface area contributed by atoms with Crippen LogP contribution in [0.25, 0.3) is 0 Å². The topological polar surface area (TPSA) is 54.2 Å². The van der Waals surface area contributed by atoms with Crippen molar-refractivity contribution in [2.24, 2.45) is 0 Å². The second-order valence-electron chi connectivity index (χ2n) is 5.38. The fourth-order valence-corrected chi connectivity index (χ4v) is 2.99. The number of hydrogen-bond acceptors (Lipinski definition) is 5. The van der Waals surface area contributed by atoms with Gasteiger partial charge < -0.3 is 9.84 Å². The Morgan fingerprint density at radius 2 is 2.33 bits per heavy atom. The molecule has 1 unspecified atom stereocenters. The zero-order valence-electron chi connectivity index (χ0n) is 12.1. The zero-order chi connectivity index (χ0) is 14.7. The van der Waals surface area contributed by atoms with Gasteiger partial charge in [-0.3, -0.25) is 4.90 Å². The van der Waals surface area contributed by atoms with Crippen LogP contribution in [0.1, 0.15) is 23.3 Å². The Labute approximate surface area is 132 Å². The maximum absolute atomic E-state index is 5.39. The van der Waals surface area contributed by atoms with Crippen LogP contribution in [-0.2, 0) is 12.8 Å². The van der Waals surface area contributed by atoms with Crippen molar-refractivity contribution >= 4 is 15.9 Å². The smallest absolute Gasteiger partial charge is 0.227 e.